The molecule has 0 aliphatic heterocycles. The average Bonchev–Trinajstić information content (AvgIpc) is 2.53. The van der Waals surface area contributed by atoms with Gasteiger partial charge in [0.15, 0.2) is 0 Å². The van der Waals surface area contributed by atoms with Crippen molar-refractivity contribution in [2.75, 3.05) is 0 Å². The smallest absolute Gasteiger partial charge is 0.351 e. The lowest BCUT2D eigenvalue weighted by atomic mass is 10.1. The topological polar surface area (TPSA) is 29.1 Å². The first-order chi connectivity index (χ1) is 10.9. The largest absolute Gasteiger partial charge is 0.416 e. The highest BCUT2D eigenvalue weighted by atomic mass is 32.2. The van der Waals surface area contributed by atoms with Crippen LogP contribution in [0.4, 0.5) is 13.2 Å². The van der Waals surface area contributed by atoms with Crippen molar-refractivity contribution in [1.82, 2.24) is 5.32 Å². The van der Waals surface area contributed by atoms with Gasteiger partial charge in [-0.3, -0.25) is 4.79 Å². The molecule has 0 aromatic heterocycles. The number of carbonyl (C=O) groups excluding carboxylic acids is 1. The van der Waals surface area contributed by atoms with Crippen molar-refractivity contribution in [2.24, 2.45) is 0 Å². The summed E-state index contributed by atoms with van der Waals surface area (Å²) < 4.78 is 37.4. The molecule has 0 fully saturated rings. The van der Waals surface area contributed by atoms with Gasteiger partial charge in [-0.1, -0.05) is 30.3 Å². The Bertz CT molecular complexity index is 641. The Balaban J connectivity index is 1.86. The monoisotopic (exact) mass is 339 g/mol. The van der Waals surface area contributed by atoms with Crippen LogP contribution >= 0.6 is 11.8 Å². The van der Waals surface area contributed by atoms with Gasteiger partial charge >= 0.3 is 6.18 Å². The minimum absolute atomic E-state index is 0.154. The van der Waals surface area contributed by atoms with E-state index in [0.717, 1.165) is 17.0 Å². The molecule has 23 heavy (non-hydrogen) atoms. The van der Waals surface area contributed by atoms with Crippen LogP contribution in [0.5, 0.6) is 0 Å². The summed E-state index contributed by atoms with van der Waals surface area (Å²) in [6.07, 6.45) is -4.34. The Hall–Kier alpha value is -1.95. The molecular formula is C17H16F3NOS. The molecule has 1 amide bonds. The van der Waals surface area contributed by atoms with Crippen LogP contribution in [0.1, 0.15) is 18.1 Å². The molecule has 0 aliphatic carbocycles. The molecule has 0 saturated carbocycles. The van der Waals surface area contributed by atoms with Gasteiger partial charge in [0, 0.05) is 11.4 Å². The average molecular weight is 339 g/mol. The molecule has 0 aliphatic rings. The van der Waals surface area contributed by atoms with E-state index >= 15 is 0 Å². The Morgan fingerprint density at radius 3 is 2.26 bits per heavy atom. The third-order valence-electron chi connectivity index (χ3n) is 3.17. The molecule has 2 nitrogen and oxygen atoms in total. The Labute approximate surface area is 137 Å². The molecular weight excluding hydrogens is 323 g/mol. The van der Waals surface area contributed by atoms with Gasteiger partial charge in [-0.15, -0.1) is 11.8 Å². The van der Waals surface area contributed by atoms with E-state index in [2.05, 4.69) is 5.32 Å². The lowest BCUT2D eigenvalue weighted by Gasteiger charge is -2.12. The van der Waals surface area contributed by atoms with Gasteiger partial charge in [0.25, 0.3) is 0 Å². The zero-order chi connectivity index (χ0) is 16.9. The number of halogens is 3. The molecule has 2 aromatic rings. The van der Waals surface area contributed by atoms with E-state index in [9.17, 15) is 18.0 Å². The van der Waals surface area contributed by atoms with Crippen LogP contribution < -0.4 is 5.32 Å². The highest BCUT2D eigenvalue weighted by Gasteiger charge is 2.29. The number of hydrogen-bond acceptors (Lipinski definition) is 2. The fourth-order valence-electron chi connectivity index (χ4n) is 1.90. The van der Waals surface area contributed by atoms with Crippen molar-refractivity contribution in [2.45, 2.75) is 29.8 Å². The zero-order valence-corrected chi connectivity index (χ0v) is 13.2. The normalized spacial score (nSPS) is 12.7. The molecule has 6 heteroatoms. The highest BCUT2D eigenvalue weighted by Crippen LogP contribution is 2.29. The third kappa shape index (κ3) is 5.32. The number of nitrogens with one attached hydrogen (secondary N) is 1. The van der Waals surface area contributed by atoms with Gasteiger partial charge in [0.2, 0.25) is 5.91 Å². The van der Waals surface area contributed by atoms with E-state index in [1.807, 2.05) is 30.3 Å². The molecule has 2 rings (SSSR count). The van der Waals surface area contributed by atoms with Gasteiger partial charge < -0.3 is 5.32 Å². The second-order valence-electron chi connectivity index (χ2n) is 4.99. The van der Waals surface area contributed by atoms with E-state index in [-0.39, 0.29) is 17.7 Å². The third-order valence-corrected chi connectivity index (χ3v) is 4.29. The fourth-order valence-corrected chi connectivity index (χ4v) is 2.81. The molecule has 0 radical (unpaired) electrons. The lowest BCUT2D eigenvalue weighted by molar-refractivity contribution is -0.137. The van der Waals surface area contributed by atoms with Crippen LogP contribution in [0.2, 0.25) is 0 Å². The van der Waals surface area contributed by atoms with E-state index in [0.29, 0.717) is 5.56 Å². The van der Waals surface area contributed by atoms with E-state index < -0.39 is 11.7 Å². The Morgan fingerprint density at radius 1 is 1.09 bits per heavy atom. The molecule has 122 valence electrons. The first-order valence-corrected chi connectivity index (χ1v) is 7.90. The van der Waals surface area contributed by atoms with Crippen LogP contribution in [-0.2, 0) is 17.5 Å². The minimum Gasteiger partial charge on any atom is -0.351 e. The van der Waals surface area contributed by atoms with Gasteiger partial charge in [-0.25, -0.2) is 0 Å². The predicted molar refractivity (Wildman–Crippen MR) is 85.1 cm³/mol. The molecule has 0 heterocycles. The van der Waals surface area contributed by atoms with Crippen molar-refractivity contribution in [1.29, 1.82) is 0 Å². The number of alkyl halides is 3. The predicted octanol–water partition coefficient (Wildman–Crippen LogP) is 4.50. The highest BCUT2D eigenvalue weighted by molar-refractivity contribution is 8.00. The summed E-state index contributed by atoms with van der Waals surface area (Å²) in [5, 5.41) is 2.45. The minimum atomic E-state index is -4.34. The number of amides is 1. The molecule has 2 aromatic carbocycles. The van der Waals surface area contributed by atoms with Crippen molar-refractivity contribution in [3.05, 3.63) is 65.7 Å². The quantitative estimate of drug-likeness (QED) is 0.813. The van der Waals surface area contributed by atoms with Crippen LogP contribution in [0.25, 0.3) is 0 Å². The van der Waals surface area contributed by atoms with Gasteiger partial charge in [0.1, 0.15) is 0 Å². The maximum absolute atomic E-state index is 12.5. The Kier molecular flexibility index (Phi) is 5.71. The van der Waals surface area contributed by atoms with Crippen molar-refractivity contribution in [3.8, 4) is 0 Å². The standard InChI is InChI=1S/C17H16F3NOS/c1-12(23-15-5-3-2-4-6-15)16(22)21-11-13-7-9-14(10-8-13)17(18,19)20/h2-10,12H,11H2,1H3,(H,21,22)/t12-/m0/s1. The van der Waals surface area contributed by atoms with E-state index in [1.54, 1.807) is 6.92 Å². The fraction of sp³-hybridized carbons (Fsp3) is 0.235. The number of rotatable bonds is 5. The number of benzene rings is 2. The van der Waals surface area contributed by atoms with Gasteiger partial charge in [-0.05, 0) is 36.8 Å². The SMILES string of the molecule is C[C@H](Sc1ccccc1)C(=O)NCc1ccc(C(F)(F)F)cc1. The number of carbonyl (C=O) groups is 1. The zero-order valence-electron chi connectivity index (χ0n) is 12.4. The Morgan fingerprint density at radius 2 is 1.70 bits per heavy atom. The second kappa shape index (κ2) is 7.55. The van der Waals surface area contributed by atoms with Crippen molar-refractivity contribution >= 4 is 17.7 Å². The molecule has 0 saturated heterocycles. The van der Waals surface area contributed by atoms with E-state index in [1.165, 1.54) is 23.9 Å². The summed E-state index contributed by atoms with van der Waals surface area (Å²) >= 11 is 1.43. The second-order valence-corrected chi connectivity index (χ2v) is 6.40. The summed E-state index contributed by atoms with van der Waals surface area (Å²) in [5.74, 6) is -0.154. The van der Waals surface area contributed by atoms with Crippen LogP contribution in [0.3, 0.4) is 0 Å². The molecule has 0 spiro atoms. The van der Waals surface area contributed by atoms with Gasteiger partial charge in [-0.2, -0.15) is 13.2 Å². The van der Waals surface area contributed by atoms with E-state index in [4.69, 9.17) is 0 Å². The summed E-state index contributed by atoms with van der Waals surface area (Å²) in [4.78, 5) is 13.0. The molecule has 0 bridgehead atoms. The summed E-state index contributed by atoms with van der Waals surface area (Å²) in [7, 11) is 0. The maximum Gasteiger partial charge on any atom is 0.416 e. The van der Waals surface area contributed by atoms with Crippen LogP contribution in [-0.4, -0.2) is 11.2 Å². The number of thioether (sulfide) groups is 1. The van der Waals surface area contributed by atoms with Crippen molar-refractivity contribution in [3.63, 3.8) is 0 Å². The first kappa shape index (κ1) is 17.4. The van der Waals surface area contributed by atoms with Crippen LogP contribution in [0.15, 0.2) is 59.5 Å². The van der Waals surface area contributed by atoms with Crippen molar-refractivity contribution < 1.29 is 18.0 Å². The first-order valence-electron chi connectivity index (χ1n) is 7.02. The lowest BCUT2D eigenvalue weighted by Crippen LogP contribution is -2.30. The maximum atomic E-state index is 12.5. The molecule has 1 atom stereocenters. The van der Waals surface area contributed by atoms with Crippen LogP contribution in [0, 0.1) is 0 Å². The summed E-state index contributed by atoms with van der Waals surface area (Å²) in [6.45, 7) is 2.00. The van der Waals surface area contributed by atoms with Gasteiger partial charge in [0.05, 0.1) is 10.8 Å². The molecule has 1 N–H and O–H groups in total. The molecule has 0 unspecified atom stereocenters. The number of hydrogen-bond donors (Lipinski definition) is 1. The summed E-state index contributed by atoms with van der Waals surface area (Å²) in [6, 6.07) is 14.3. The summed E-state index contributed by atoms with van der Waals surface area (Å²) in [5.41, 5.74) is -0.0659.